The second kappa shape index (κ2) is 11.0. The lowest BCUT2D eigenvalue weighted by molar-refractivity contribution is 0.464. The number of alkyl halides is 2. The van der Waals surface area contributed by atoms with E-state index in [9.17, 15) is 8.78 Å². The summed E-state index contributed by atoms with van der Waals surface area (Å²) in [7, 11) is 0. The van der Waals surface area contributed by atoms with Gasteiger partial charge in [0, 0.05) is 12.8 Å². The van der Waals surface area contributed by atoms with Crippen LogP contribution in [-0.4, -0.2) is 13.3 Å². The van der Waals surface area contributed by atoms with E-state index in [0.29, 0.717) is 25.7 Å². The normalized spacial score (nSPS) is 8.15. The van der Waals surface area contributed by atoms with E-state index >= 15 is 0 Å². The van der Waals surface area contributed by atoms with Crippen molar-refractivity contribution in [3.8, 4) is 23.7 Å². The van der Waals surface area contributed by atoms with Gasteiger partial charge in [-0.3, -0.25) is 8.78 Å². The smallest absolute Gasteiger partial charge is 0.0903 e. The Morgan fingerprint density at radius 2 is 1.23 bits per heavy atom. The maximum absolute atomic E-state index is 11.6. The van der Waals surface area contributed by atoms with Crippen LogP contribution in [0.1, 0.15) is 32.1 Å². The van der Waals surface area contributed by atoms with E-state index in [0.717, 1.165) is 6.42 Å². The summed E-state index contributed by atoms with van der Waals surface area (Å²) in [6, 6.07) is 0. The Kier molecular flexibility index (Phi) is 10.1. The molecule has 0 aromatic rings. The van der Waals surface area contributed by atoms with Gasteiger partial charge in [-0.1, -0.05) is 11.8 Å². The fraction of sp³-hybridized carbons (Fsp3) is 0.636. The van der Waals surface area contributed by atoms with E-state index in [2.05, 4.69) is 23.7 Å². The molecule has 0 aliphatic heterocycles. The van der Waals surface area contributed by atoms with Crippen LogP contribution < -0.4 is 0 Å². The van der Waals surface area contributed by atoms with Crippen molar-refractivity contribution in [1.29, 1.82) is 0 Å². The molecule has 0 aliphatic carbocycles. The van der Waals surface area contributed by atoms with Crippen LogP contribution in [0, 0.1) is 23.7 Å². The number of rotatable bonds is 5. The van der Waals surface area contributed by atoms with Crippen molar-refractivity contribution in [3.05, 3.63) is 0 Å². The van der Waals surface area contributed by atoms with Gasteiger partial charge in [-0.25, -0.2) is 0 Å². The summed E-state index contributed by atoms with van der Waals surface area (Å²) >= 11 is 0. The first-order valence-corrected chi connectivity index (χ1v) is 4.49. The first-order valence-electron chi connectivity index (χ1n) is 4.49. The highest BCUT2D eigenvalue weighted by Gasteiger charge is 1.81. The van der Waals surface area contributed by atoms with Crippen molar-refractivity contribution < 1.29 is 8.78 Å². The lowest BCUT2D eigenvalue weighted by atomic mass is 10.2. The number of halogens is 2. The van der Waals surface area contributed by atoms with Crippen LogP contribution in [0.4, 0.5) is 8.78 Å². The quantitative estimate of drug-likeness (QED) is 0.455. The summed E-state index contributed by atoms with van der Waals surface area (Å²) in [6.07, 6.45) is 3.10. The van der Waals surface area contributed by atoms with Gasteiger partial charge in [0.2, 0.25) is 0 Å². The van der Waals surface area contributed by atoms with Gasteiger partial charge in [0.05, 0.1) is 13.3 Å². The average Bonchev–Trinajstić information content (AvgIpc) is 2.16. The molecule has 0 fully saturated rings. The Morgan fingerprint density at radius 3 is 1.77 bits per heavy atom. The van der Waals surface area contributed by atoms with Gasteiger partial charge in [0.15, 0.2) is 0 Å². The minimum Gasteiger partial charge on any atom is -0.251 e. The standard InChI is InChI=1S/C11H14F2/c12-10-8-6-4-2-1-3-5-7-9-11-13/h4,6-11H2. The zero-order valence-electron chi connectivity index (χ0n) is 7.71. The molecule has 0 nitrogen and oxygen atoms in total. The Morgan fingerprint density at radius 1 is 0.692 bits per heavy atom. The largest absolute Gasteiger partial charge is 0.251 e. The van der Waals surface area contributed by atoms with Gasteiger partial charge in [0.1, 0.15) is 0 Å². The second-order valence-corrected chi connectivity index (χ2v) is 2.54. The van der Waals surface area contributed by atoms with Gasteiger partial charge in [-0.15, -0.1) is 0 Å². The molecule has 0 N–H and O–H groups in total. The van der Waals surface area contributed by atoms with Crippen molar-refractivity contribution in [3.63, 3.8) is 0 Å². The molecule has 0 saturated heterocycles. The molecule has 0 spiro atoms. The van der Waals surface area contributed by atoms with Gasteiger partial charge < -0.3 is 0 Å². The molecule has 0 radical (unpaired) electrons. The summed E-state index contributed by atoms with van der Waals surface area (Å²) < 4.78 is 23.2. The fourth-order valence-corrected chi connectivity index (χ4v) is 0.676. The summed E-state index contributed by atoms with van der Waals surface area (Å²) in [4.78, 5) is 0. The maximum atomic E-state index is 11.6. The third-order valence-corrected chi connectivity index (χ3v) is 1.36. The Hall–Kier alpha value is -1.02. The Bertz CT molecular complexity index is 212. The Labute approximate surface area is 78.7 Å². The highest BCUT2D eigenvalue weighted by atomic mass is 19.1. The summed E-state index contributed by atoms with van der Waals surface area (Å²) in [5.74, 6) is 10.8. The molecule has 0 rings (SSSR count). The molecule has 0 aliphatic rings. The highest BCUT2D eigenvalue weighted by molar-refractivity contribution is 5.25. The van der Waals surface area contributed by atoms with Gasteiger partial charge >= 0.3 is 0 Å². The van der Waals surface area contributed by atoms with Crippen molar-refractivity contribution in [2.45, 2.75) is 32.1 Å². The van der Waals surface area contributed by atoms with Crippen LogP contribution in [0.2, 0.25) is 0 Å². The van der Waals surface area contributed by atoms with E-state index in [4.69, 9.17) is 0 Å². The van der Waals surface area contributed by atoms with Gasteiger partial charge in [0.25, 0.3) is 0 Å². The molecular formula is C11H14F2. The van der Waals surface area contributed by atoms with Crippen molar-refractivity contribution in [1.82, 2.24) is 0 Å². The third-order valence-electron chi connectivity index (χ3n) is 1.36. The maximum Gasteiger partial charge on any atom is 0.0903 e. The lowest BCUT2D eigenvalue weighted by Crippen LogP contribution is -1.75. The number of hydrogen-bond acceptors (Lipinski definition) is 0. The van der Waals surface area contributed by atoms with Crippen LogP contribution >= 0.6 is 0 Å². The zero-order chi connectivity index (χ0) is 9.78. The molecule has 2 heteroatoms. The van der Waals surface area contributed by atoms with Crippen molar-refractivity contribution in [2.75, 3.05) is 13.3 Å². The van der Waals surface area contributed by atoms with E-state index in [1.807, 2.05) is 0 Å². The predicted molar refractivity (Wildman–Crippen MR) is 50.6 cm³/mol. The lowest BCUT2D eigenvalue weighted by Gasteiger charge is -1.84. The third kappa shape index (κ3) is 11.0. The molecule has 0 atom stereocenters. The van der Waals surface area contributed by atoms with Crippen LogP contribution in [-0.2, 0) is 0 Å². The number of hydrogen-bond donors (Lipinski definition) is 0. The molecule has 13 heavy (non-hydrogen) atoms. The summed E-state index contributed by atoms with van der Waals surface area (Å²) in [5, 5.41) is 0. The SMILES string of the molecule is FCCCC#CC#CCCCCF. The molecular weight excluding hydrogens is 170 g/mol. The van der Waals surface area contributed by atoms with Crippen molar-refractivity contribution in [2.24, 2.45) is 0 Å². The second-order valence-electron chi connectivity index (χ2n) is 2.54. The summed E-state index contributed by atoms with van der Waals surface area (Å²) in [5.41, 5.74) is 0. The van der Waals surface area contributed by atoms with Crippen LogP contribution in [0.5, 0.6) is 0 Å². The minimum atomic E-state index is -0.321. The first kappa shape index (κ1) is 12.0. The van der Waals surface area contributed by atoms with E-state index in [-0.39, 0.29) is 13.3 Å². The molecule has 0 bridgehead atoms. The summed E-state index contributed by atoms with van der Waals surface area (Å²) in [6.45, 7) is -0.595. The molecule has 0 aromatic heterocycles. The van der Waals surface area contributed by atoms with E-state index in [1.54, 1.807) is 0 Å². The topological polar surface area (TPSA) is 0 Å². The molecule has 72 valence electrons. The first-order chi connectivity index (χ1) is 6.41. The molecule has 0 unspecified atom stereocenters. The monoisotopic (exact) mass is 184 g/mol. The predicted octanol–water partition coefficient (Wildman–Crippen LogP) is 2.88. The van der Waals surface area contributed by atoms with E-state index < -0.39 is 0 Å². The van der Waals surface area contributed by atoms with Crippen LogP contribution in [0.3, 0.4) is 0 Å². The minimum absolute atomic E-state index is 0.274. The fourth-order valence-electron chi connectivity index (χ4n) is 0.676. The van der Waals surface area contributed by atoms with Gasteiger partial charge in [-0.2, -0.15) is 0 Å². The Balaban J connectivity index is 3.30. The number of unbranched alkanes of at least 4 members (excludes halogenated alkanes) is 3. The van der Waals surface area contributed by atoms with Crippen LogP contribution in [0.25, 0.3) is 0 Å². The highest BCUT2D eigenvalue weighted by Crippen LogP contribution is 1.92. The van der Waals surface area contributed by atoms with E-state index in [1.165, 1.54) is 0 Å². The average molecular weight is 184 g/mol. The van der Waals surface area contributed by atoms with Crippen LogP contribution in [0.15, 0.2) is 0 Å². The zero-order valence-corrected chi connectivity index (χ0v) is 7.71. The molecule has 0 heterocycles. The van der Waals surface area contributed by atoms with Gasteiger partial charge in [-0.05, 0) is 31.1 Å². The molecule has 0 saturated carbocycles. The van der Waals surface area contributed by atoms with Crippen molar-refractivity contribution >= 4 is 0 Å². The molecule has 0 aromatic carbocycles. The molecule has 0 amide bonds.